The number of thiophene rings is 1. The van der Waals surface area contributed by atoms with E-state index in [1.54, 1.807) is 48.5 Å². The zero-order chi connectivity index (χ0) is 41.9. The number of fused-ring (bicyclic) bond motifs is 1. The summed E-state index contributed by atoms with van der Waals surface area (Å²) < 4.78 is 55.9. The second-order valence-corrected chi connectivity index (χ2v) is 15.8. The van der Waals surface area contributed by atoms with Crippen LogP contribution in [0.1, 0.15) is 60.2 Å². The second-order valence-electron chi connectivity index (χ2n) is 14.8. The lowest BCUT2D eigenvalue weighted by molar-refractivity contribution is 0.0624. The van der Waals surface area contributed by atoms with Crippen molar-refractivity contribution in [1.82, 2.24) is 4.90 Å². The monoisotopic (exact) mass is 823 g/mol. The number of hydrogen-bond acceptors (Lipinski definition) is 5. The molecule has 7 aromatic rings. The molecule has 1 aliphatic heterocycles. The number of unbranched alkanes of at least 4 members (excludes halogenated alkanes) is 1. The molecule has 10 heteroatoms. The van der Waals surface area contributed by atoms with Gasteiger partial charge in [-0.1, -0.05) is 57.4 Å². The van der Waals surface area contributed by atoms with Crippen LogP contribution in [-0.2, 0) is 0 Å². The van der Waals surface area contributed by atoms with Gasteiger partial charge in [-0.3, -0.25) is 14.5 Å². The van der Waals surface area contributed by atoms with E-state index in [1.165, 1.54) is 64.8 Å². The lowest BCUT2D eigenvalue weighted by atomic mass is 9.99. The minimum atomic E-state index is -0.382. The van der Waals surface area contributed by atoms with Crippen LogP contribution in [0.5, 0.6) is 0 Å². The maximum atomic E-state index is 14.5. The van der Waals surface area contributed by atoms with Gasteiger partial charge in [-0.15, -0.1) is 11.3 Å². The van der Waals surface area contributed by atoms with Crippen LogP contribution in [0.15, 0.2) is 146 Å². The highest BCUT2D eigenvalue weighted by molar-refractivity contribution is 7.20. The third-order valence-electron chi connectivity index (χ3n) is 10.9. The number of imide groups is 1. The molecule has 1 unspecified atom stereocenters. The SMILES string of the molecule is CCCCC(CC)CN1C(=O)c2c(-c3ccc(N(c4ccc(F)cc4)c4ccc(F)cc4)cc3)sc(-c3ccc(N(c4ccc(F)cc4)c4ccc(F)cc4)cc3)c2C1=O. The van der Waals surface area contributed by atoms with Crippen molar-refractivity contribution in [3.63, 3.8) is 0 Å². The first-order valence-corrected chi connectivity index (χ1v) is 20.8. The fourth-order valence-electron chi connectivity index (χ4n) is 7.73. The van der Waals surface area contributed by atoms with Crippen molar-refractivity contribution in [2.24, 2.45) is 5.92 Å². The van der Waals surface area contributed by atoms with Gasteiger partial charge in [0.05, 0.1) is 11.1 Å². The molecule has 1 atom stereocenters. The molecule has 0 saturated heterocycles. The largest absolute Gasteiger partial charge is 0.310 e. The predicted molar refractivity (Wildman–Crippen MR) is 233 cm³/mol. The zero-order valence-electron chi connectivity index (χ0n) is 33.0. The molecule has 1 aliphatic rings. The Hall–Kier alpha value is -6.52. The van der Waals surface area contributed by atoms with Crippen molar-refractivity contribution in [3.05, 3.63) is 180 Å². The third kappa shape index (κ3) is 8.07. The summed E-state index contributed by atoms with van der Waals surface area (Å²) in [5, 5.41) is 0. The number of halogens is 4. The minimum absolute atomic E-state index is 0.170. The summed E-state index contributed by atoms with van der Waals surface area (Å²) in [6.45, 7) is 4.55. The molecule has 0 bridgehead atoms. The molecule has 302 valence electrons. The molecule has 2 amide bonds. The van der Waals surface area contributed by atoms with Gasteiger partial charge in [0.1, 0.15) is 23.3 Å². The summed E-state index contributed by atoms with van der Waals surface area (Å²) >= 11 is 1.37. The molecule has 8 rings (SSSR count). The Balaban J connectivity index is 1.20. The van der Waals surface area contributed by atoms with Gasteiger partial charge in [-0.05, 0) is 145 Å². The highest BCUT2D eigenvalue weighted by Crippen LogP contribution is 2.48. The molecule has 0 saturated carbocycles. The van der Waals surface area contributed by atoms with Crippen molar-refractivity contribution < 1.29 is 27.2 Å². The van der Waals surface area contributed by atoms with Gasteiger partial charge in [0.2, 0.25) is 0 Å². The topological polar surface area (TPSA) is 43.9 Å². The van der Waals surface area contributed by atoms with Crippen LogP contribution >= 0.6 is 11.3 Å². The van der Waals surface area contributed by atoms with Crippen molar-refractivity contribution in [2.45, 2.75) is 39.5 Å². The van der Waals surface area contributed by atoms with E-state index in [9.17, 15) is 27.2 Å². The predicted octanol–water partition coefficient (Wildman–Crippen LogP) is 14.4. The number of amides is 2. The van der Waals surface area contributed by atoms with Crippen LogP contribution in [0.3, 0.4) is 0 Å². The van der Waals surface area contributed by atoms with Gasteiger partial charge in [-0.25, -0.2) is 17.6 Å². The number of hydrogen-bond donors (Lipinski definition) is 0. The second kappa shape index (κ2) is 17.4. The molecule has 1 aromatic heterocycles. The Morgan fingerprint density at radius 2 is 0.783 bits per heavy atom. The average molecular weight is 824 g/mol. The quantitative estimate of drug-likeness (QED) is 0.0809. The van der Waals surface area contributed by atoms with E-state index >= 15 is 0 Å². The first-order valence-electron chi connectivity index (χ1n) is 20.0. The smallest absolute Gasteiger partial charge is 0.263 e. The van der Waals surface area contributed by atoms with Crippen LogP contribution in [0, 0.1) is 29.2 Å². The fraction of sp³-hybridized carbons (Fsp3) is 0.160. The number of nitrogens with zero attached hydrogens (tertiary/aromatic N) is 3. The summed E-state index contributed by atoms with van der Waals surface area (Å²) in [5.74, 6) is -2.00. The van der Waals surface area contributed by atoms with Crippen molar-refractivity contribution in [3.8, 4) is 20.9 Å². The van der Waals surface area contributed by atoms with Gasteiger partial charge < -0.3 is 9.80 Å². The van der Waals surface area contributed by atoms with E-state index in [4.69, 9.17) is 0 Å². The van der Waals surface area contributed by atoms with Crippen LogP contribution in [0.2, 0.25) is 0 Å². The van der Waals surface area contributed by atoms with Crippen molar-refractivity contribution in [1.29, 1.82) is 0 Å². The molecule has 60 heavy (non-hydrogen) atoms. The Morgan fingerprint density at radius 1 is 0.483 bits per heavy atom. The van der Waals surface area contributed by atoms with E-state index in [0.717, 1.165) is 48.2 Å². The van der Waals surface area contributed by atoms with Gasteiger partial charge in [-0.2, -0.15) is 0 Å². The van der Waals surface area contributed by atoms with Gasteiger partial charge >= 0.3 is 0 Å². The number of benzene rings is 6. The first-order chi connectivity index (χ1) is 29.1. The Bertz CT molecular complexity index is 2350. The number of carbonyl (C=O) groups excluding carboxylic acids is 2. The van der Waals surface area contributed by atoms with E-state index in [-0.39, 0.29) is 41.0 Å². The Kier molecular flexibility index (Phi) is 11.7. The van der Waals surface area contributed by atoms with Gasteiger partial charge in [0.15, 0.2) is 0 Å². The molecule has 6 aromatic carbocycles. The van der Waals surface area contributed by atoms with Crippen molar-refractivity contribution in [2.75, 3.05) is 16.3 Å². The van der Waals surface area contributed by atoms with E-state index in [0.29, 0.717) is 50.2 Å². The summed E-state index contributed by atoms with van der Waals surface area (Å²) in [6.07, 6.45) is 3.77. The van der Waals surface area contributed by atoms with E-state index < -0.39 is 0 Å². The standard InChI is InChI=1S/C50H41F4N3O2S/c1-3-5-6-32(4-2)31-55-49(58)45-46(50(55)59)48(34-9-21-40(22-10-34)57(43-27-15-37(53)16-28-43)44-29-17-38(54)18-30-44)60-47(45)33-7-19-39(20-8-33)56(41-23-11-35(51)12-24-41)42-25-13-36(52)14-26-42/h7-30,32H,3-6,31H2,1-2H3. The van der Waals surface area contributed by atoms with Crippen LogP contribution < -0.4 is 9.80 Å². The van der Waals surface area contributed by atoms with Gasteiger partial charge in [0, 0.05) is 50.4 Å². The summed E-state index contributed by atoms with van der Waals surface area (Å²) in [7, 11) is 0. The average Bonchev–Trinajstić information content (AvgIpc) is 3.78. The first kappa shape index (κ1) is 40.3. The molecule has 2 heterocycles. The molecule has 0 N–H and O–H groups in total. The lowest BCUT2D eigenvalue weighted by Crippen LogP contribution is -2.34. The Morgan fingerprint density at radius 3 is 1.07 bits per heavy atom. The molecular formula is C50H41F4N3O2S. The summed E-state index contributed by atoms with van der Waals surface area (Å²) in [5.41, 5.74) is 6.33. The third-order valence-corrected chi connectivity index (χ3v) is 12.2. The Labute approximate surface area is 350 Å². The van der Waals surface area contributed by atoms with Crippen LogP contribution in [-0.4, -0.2) is 23.3 Å². The maximum absolute atomic E-state index is 14.5. The number of carbonyl (C=O) groups is 2. The van der Waals surface area contributed by atoms with E-state index in [1.807, 2.05) is 58.3 Å². The molecular weight excluding hydrogens is 783 g/mol. The minimum Gasteiger partial charge on any atom is -0.310 e. The summed E-state index contributed by atoms with van der Waals surface area (Å²) in [6, 6.07) is 39.3. The highest BCUT2D eigenvalue weighted by Gasteiger charge is 2.42. The summed E-state index contributed by atoms with van der Waals surface area (Å²) in [4.78, 5) is 35.4. The zero-order valence-corrected chi connectivity index (χ0v) is 33.9. The highest BCUT2D eigenvalue weighted by atomic mass is 32.1. The molecule has 0 spiro atoms. The van der Waals surface area contributed by atoms with Gasteiger partial charge in [0.25, 0.3) is 11.8 Å². The molecule has 5 nitrogen and oxygen atoms in total. The number of rotatable bonds is 14. The lowest BCUT2D eigenvalue weighted by Gasteiger charge is -2.25. The molecule has 0 aliphatic carbocycles. The van der Waals surface area contributed by atoms with Crippen LogP contribution in [0.4, 0.5) is 51.7 Å². The van der Waals surface area contributed by atoms with E-state index in [2.05, 4.69) is 13.8 Å². The fourth-order valence-corrected chi connectivity index (χ4v) is 9.02. The maximum Gasteiger partial charge on any atom is 0.263 e. The van der Waals surface area contributed by atoms with Crippen molar-refractivity contribution >= 4 is 57.3 Å². The molecule has 0 radical (unpaired) electrons. The normalized spacial score (nSPS) is 12.8. The van der Waals surface area contributed by atoms with Crippen LogP contribution in [0.25, 0.3) is 20.9 Å². The number of anilines is 6. The molecule has 0 fully saturated rings.